The average molecular weight is 225 g/mol. The normalized spacial score (nSPS) is 10.8. The van der Waals surface area contributed by atoms with Crippen molar-refractivity contribution in [3.63, 3.8) is 0 Å². The van der Waals surface area contributed by atoms with E-state index in [1.54, 1.807) is 6.07 Å². The van der Waals surface area contributed by atoms with Gasteiger partial charge in [-0.2, -0.15) is 0 Å². The van der Waals surface area contributed by atoms with Gasteiger partial charge in [0.2, 0.25) is 0 Å². The molecular weight excluding hydrogens is 214 g/mol. The van der Waals surface area contributed by atoms with E-state index in [2.05, 4.69) is 15.0 Å². The Morgan fingerprint density at radius 1 is 0.941 bits per heavy atom. The summed E-state index contributed by atoms with van der Waals surface area (Å²) in [5, 5.41) is 0. The molecule has 0 aliphatic heterocycles. The number of rotatable bonds is 1. The monoisotopic (exact) mass is 225 g/mol. The largest absolute Gasteiger partial charge is 0.398 e. The van der Waals surface area contributed by atoms with Crippen LogP contribution in [-0.4, -0.2) is 15.0 Å². The minimum absolute atomic E-state index is 0.455. The number of nitrogens with one attached hydrogen (secondary N) is 1. The molecule has 84 valence electrons. The molecule has 0 saturated carbocycles. The van der Waals surface area contributed by atoms with Gasteiger partial charge in [0.05, 0.1) is 5.52 Å². The molecule has 0 aliphatic rings. The van der Waals surface area contributed by atoms with Gasteiger partial charge in [-0.25, -0.2) is 9.97 Å². The van der Waals surface area contributed by atoms with Gasteiger partial charge in [-0.15, -0.1) is 0 Å². The molecule has 0 spiro atoms. The number of H-pyrrole nitrogens is 1. The second-order valence-electron chi connectivity index (χ2n) is 3.78. The van der Waals surface area contributed by atoms with E-state index in [1.807, 2.05) is 30.3 Å². The smallest absolute Gasteiger partial charge is 0.180 e. The lowest BCUT2D eigenvalue weighted by Crippen LogP contribution is -1.90. The number of nitrogens with zero attached hydrogens (tertiary/aromatic N) is 2. The number of hydrogen-bond donors (Lipinski definition) is 3. The van der Waals surface area contributed by atoms with Crippen LogP contribution in [0.15, 0.2) is 36.4 Å². The number of imidazole rings is 1. The number of nitrogens with two attached hydrogens (primary N) is 2. The lowest BCUT2D eigenvalue weighted by atomic mass is 10.2. The van der Waals surface area contributed by atoms with Crippen molar-refractivity contribution < 1.29 is 0 Å². The van der Waals surface area contributed by atoms with Gasteiger partial charge in [0.1, 0.15) is 11.6 Å². The van der Waals surface area contributed by atoms with Crippen molar-refractivity contribution in [3.05, 3.63) is 36.4 Å². The predicted octanol–water partition coefficient (Wildman–Crippen LogP) is 1.79. The van der Waals surface area contributed by atoms with Crippen molar-refractivity contribution in [2.24, 2.45) is 0 Å². The van der Waals surface area contributed by atoms with Gasteiger partial charge in [-0.3, -0.25) is 0 Å². The highest BCUT2D eigenvalue weighted by atomic mass is 15.0. The van der Waals surface area contributed by atoms with Crippen LogP contribution in [0.2, 0.25) is 0 Å². The number of pyridine rings is 1. The Balaban J connectivity index is 2.22. The van der Waals surface area contributed by atoms with Crippen molar-refractivity contribution >= 4 is 22.7 Å². The molecule has 1 aromatic carbocycles. The molecule has 0 atom stereocenters. The number of aromatic amines is 1. The standard InChI is InChI=1S/C12H11N5/c13-8-4-2-1-3-7(8)11-15-9-5-6-10(14)16-12(9)17-11/h1-6H,13H2,(H3,14,15,16,17). The molecule has 5 heteroatoms. The molecule has 5 nitrogen and oxygen atoms in total. The van der Waals surface area contributed by atoms with E-state index in [-0.39, 0.29) is 0 Å². The van der Waals surface area contributed by atoms with Crippen LogP contribution in [0.25, 0.3) is 22.6 Å². The fourth-order valence-electron chi connectivity index (χ4n) is 1.75. The highest BCUT2D eigenvalue weighted by Gasteiger charge is 2.08. The molecule has 0 fully saturated rings. The van der Waals surface area contributed by atoms with Crippen molar-refractivity contribution in [2.75, 3.05) is 11.5 Å². The fourth-order valence-corrected chi connectivity index (χ4v) is 1.75. The summed E-state index contributed by atoms with van der Waals surface area (Å²) in [6.07, 6.45) is 0. The third kappa shape index (κ3) is 1.57. The topological polar surface area (TPSA) is 93.6 Å². The number of anilines is 2. The van der Waals surface area contributed by atoms with E-state index >= 15 is 0 Å². The highest BCUT2D eigenvalue weighted by Crippen LogP contribution is 2.24. The van der Waals surface area contributed by atoms with Crippen molar-refractivity contribution in [1.82, 2.24) is 15.0 Å². The van der Waals surface area contributed by atoms with E-state index < -0.39 is 0 Å². The zero-order valence-corrected chi connectivity index (χ0v) is 9.01. The Hall–Kier alpha value is -2.56. The number of aromatic nitrogens is 3. The quantitative estimate of drug-likeness (QED) is 0.550. The zero-order valence-electron chi connectivity index (χ0n) is 9.01. The van der Waals surface area contributed by atoms with Crippen LogP contribution in [0, 0.1) is 0 Å². The van der Waals surface area contributed by atoms with Crippen molar-refractivity contribution in [3.8, 4) is 11.4 Å². The SMILES string of the molecule is Nc1ccc2[nH]c(-c3ccccc3N)nc2n1. The van der Waals surface area contributed by atoms with E-state index in [9.17, 15) is 0 Å². The summed E-state index contributed by atoms with van der Waals surface area (Å²) in [6, 6.07) is 11.1. The predicted molar refractivity (Wildman–Crippen MR) is 68.1 cm³/mol. The number of fused-ring (bicyclic) bond motifs is 1. The summed E-state index contributed by atoms with van der Waals surface area (Å²) >= 11 is 0. The van der Waals surface area contributed by atoms with E-state index in [1.165, 1.54) is 0 Å². The summed E-state index contributed by atoms with van der Waals surface area (Å²) in [7, 11) is 0. The molecule has 3 rings (SSSR count). The molecule has 0 amide bonds. The second kappa shape index (κ2) is 3.48. The summed E-state index contributed by atoms with van der Waals surface area (Å²) in [5.74, 6) is 1.16. The molecule has 3 aromatic rings. The maximum atomic E-state index is 5.90. The first-order valence-electron chi connectivity index (χ1n) is 5.21. The third-order valence-corrected chi connectivity index (χ3v) is 2.58. The molecule has 0 radical (unpaired) electrons. The molecule has 0 unspecified atom stereocenters. The second-order valence-corrected chi connectivity index (χ2v) is 3.78. The van der Waals surface area contributed by atoms with Gasteiger partial charge in [0.25, 0.3) is 0 Å². The van der Waals surface area contributed by atoms with Gasteiger partial charge in [-0.1, -0.05) is 12.1 Å². The van der Waals surface area contributed by atoms with Gasteiger partial charge in [0.15, 0.2) is 5.65 Å². The molecule has 2 heterocycles. The Kier molecular flexibility index (Phi) is 1.98. The number of hydrogen-bond acceptors (Lipinski definition) is 4. The minimum Gasteiger partial charge on any atom is -0.398 e. The lowest BCUT2D eigenvalue weighted by Gasteiger charge is -1.99. The number of para-hydroxylation sites is 1. The van der Waals surface area contributed by atoms with Crippen LogP contribution in [0.5, 0.6) is 0 Å². The van der Waals surface area contributed by atoms with Gasteiger partial charge in [-0.05, 0) is 24.3 Å². The Morgan fingerprint density at radius 3 is 2.59 bits per heavy atom. The van der Waals surface area contributed by atoms with Crippen LogP contribution in [0.3, 0.4) is 0 Å². The maximum absolute atomic E-state index is 5.90. The number of nitrogen functional groups attached to an aromatic ring is 2. The first-order valence-corrected chi connectivity index (χ1v) is 5.21. The maximum Gasteiger partial charge on any atom is 0.180 e. The van der Waals surface area contributed by atoms with Crippen LogP contribution in [0.4, 0.5) is 11.5 Å². The summed E-state index contributed by atoms with van der Waals surface area (Å²) in [6.45, 7) is 0. The van der Waals surface area contributed by atoms with Crippen LogP contribution >= 0.6 is 0 Å². The minimum atomic E-state index is 0.455. The van der Waals surface area contributed by atoms with Crippen LogP contribution in [0.1, 0.15) is 0 Å². The molecule has 5 N–H and O–H groups in total. The Morgan fingerprint density at radius 2 is 1.76 bits per heavy atom. The van der Waals surface area contributed by atoms with E-state index in [0.717, 1.165) is 11.1 Å². The Bertz CT molecular complexity index is 686. The molecule has 0 saturated heterocycles. The molecule has 0 bridgehead atoms. The Labute approximate surface area is 97.5 Å². The molecule has 0 aliphatic carbocycles. The molecule has 2 aromatic heterocycles. The first kappa shape index (κ1) is 9.65. The summed E-state index contributed by atoms with van der Waals surface area (Å²) in [4.78, 5) is 11.7. The number of benzene rings is 1. The third-order valence-electron chi connectivity index (χ3n) is 2.58. The summed E-state index contributed by atoms with van der Waals surface area (Å²) < 4.78 is 0. The van der Waals surface area contributed by atoms with E-state index in [0.29, 0.717) is 23.0 Å². The van der Waals surface area contributed by atoms with E-state index in [4.69, 9.17) is 11.5 Å². The van der Waals surface area contributed by atoms with Gasteiger partial charge in [0, 0.05) is 11.3 Å². The zero-order chi connectivity index (χ0) is 11.8. The fraction of sp³-hybridized carbons (Fsp3) is 0. The first-order chi connectivity index (χ1) is 8.24. The van der Waals surface area contributed by atoms with Crippen LogP contribution < -0.4 is 11.5 Å². The molecular formula is C12H11N5. The molecule has 17 heavy (non-hydrogen) atoms. The van der Waals surface area contributed by atoms with Crippen molar-refractivity contribution in [1.29, 1.82) is 0 Å². The van der Waals surface area contributed by atoms with Gasteiger partial charge >= 0.3 is 0 Å². The average Bonchev–Trinajstić information content (AvgIpc) is 2.72. The lowest BCUT2D eigenvalue weighted by molar-refractivity contribution is 1.30. The van der Waals surface area contributed by atoms with Crippen LogP contribution in [-0.2, 0) is 0 Å². The highest BCUT2D eigenvalue weighted by molar-refractivity contribution is 5.80. The van der Waals surface area contributed by atoms with Gasteiger partial charge < -0.3 is 16.5 Å². The summed E-state index contributed by atoms with van der Waals surface area (Å²) in [5.41, 5.74) is 14.5. The van der Waals surface area contributed by atoms with Crippen molar-refractivity contribution in [2.45, 2.75) is 0 Å².